The molecule has 0 radical (unpaired) electrons. The van der Waals surface area contributed by atoms with Gasteiger partial charge in [0.1, 0.15) is 0 Å². The first kappa shape index (κ1) is 22.2. The lowest BCUT2D eigenvalue weighted by Gasteiger charge is -2.24. The predicted octanol–water partition coefficient (Wildman–Crippen LogP) is 4.02. The monoisotopic (exact) mass is 498 g/mol. The van der Waals surface area contributed by atoms with Crippen molar-refractivity contribution < 1.29 is 25.2 Å². The molecule has 0 N–H and O–H groups in total. The SMILES string of the molecule is Cc1ccc(S(=O)(=O)OC2[C@H]3C=C[C@H]4C(OS(=O)(=O)c5ccc(C)cc5)[C@H]5C=C[C@@H]2C5C34)cc1. The number of hydrogen-bond donors (Lipinski definition) is 0. The van der Waals surface area contributed by atoms with Gasteiger partial charge in [-0.05, 0) is 49.9 Å². The van der Waals surface area contributed by atoms with Crippen molar-refractivity contribution in [3.63, 3.8) is 0 Å². The summed E-state index contributed by atoms with van der Waals surface area (Å²) in [5.41, 5.74) is 1.95. The van der Waals surface area contributed by atoms with Crippen LogP contribution in [0.25, 0.3) is 0 Å². The third kappa shape index (κ3) is 3.34. The summed E-state index contributed by atoms with van der Waals surface area (Å²) in [6.45, 7) is 3.81. The van der Waals surface area contributed by atoms with E-state index in [2.05, 4.69) is 0 Å². The molecule has 0 spiro atoms. The van der Waals surface area contributed by atoms with E-state index in [0.29, 0.717) is 0 Å². The lowest BCUT2D eigenvalue weighted by molar-refractivity contribution is 0.110. The minimum absolute atomic E-state index is 0.0941. The quantitative estimate of drug-likeness (QED) is 0.442. The van der Waals surface area contributed by atoms with Crippen molar-refractivity contribution in [2.45, 2.75) is 35.8 Å². The van der Waals surface area contributed by atoms with Gasteiger partial charge in [0, 0.05) is 23.7 Å². The van der Waals surface area contributed by atoms with Gasteiger partial charge in [0.15, 0.2) is 0 Å². The molecule has 2 aromatic rings. The van der Waals surface area contributed by atoms with Gasteiger partial charge in [-0.25, -0.2) is 0 Å². The maximum atomic E-state index is 13.0. The van der Waals surface area contributed by atoms with Crippen LogP contribution in [0.4, 0.5) is 0 Å². The lowest BCUT2D eigenvalue weighted by atomic mass is 9.88. The fourth-order valence-corrected chi connectivity index (χ4v) is 8.72. The Labute approximate surface area is 200 Å². The first-order valence-electron chi connectivity index (χ1n) is 11.5. The van der Waals surface area contributed by atoms with E-state index in [0.717, 1.165) is 11.1 Å². The molecule has 2 saturated carbocycles. The Bertz CT molecular complexity index is 1250. The first-order valence-corrected chi connectivity index (χ1v) is 14.3. The zero-order valence-corrected chi connectivity index (χ0v) is 20.4. The third-order valence-corrected chi connectivity index (χ3v) is 10.6. The summed E-state index contributed by atoms with van der Waals surface area (Å²) in [6, 6.07) is 13.3. The van der Waals surface area contributed by atoms with E-state index >= 15 is 0 Å². The molecule has 6 rings (SSSR count). The molecule has 4 unspecified atom stereocenters. The third-order valence-electron chi connectivity index (χ3n) is 7.95. The van der Waals surface area contributed by atoms with Gasteiger partial charge in [-0.1, -0.05) is 59.7 Å². The van der Waals surface area contributed by atoms with E-state index in [1.807, 2.05) is 38.2 Å². The van der Waals surface area contributed by atoms with E-state index in [9.17, 15) is 16.8 Å². The van der Waals surface area contributed by atoms with Gasteiger partial charge < -0.3 is 0 Å². The average molecular weight is 499 g/mol. The second-order valence-electron chi connectivity index (χ2n) is 9.89. The van der Waals surface area contributed by atoms with Crippen molar-refractivity contribution >= 4 is 20.2 Å². The highest BCUT2D eigenvalue weighted by atomic mass is 32.2. The molecular weight excluding hydrogens is 472 g/mol. The van der Waals surface area contributed by atoms with Crippen LogP contribution in [0.5, 0.6) is 0 Å². The van der Waals surface area contributed by atoms with Crippen LogP contribution < -0.4 is 0 Å². The summed E-state index contributed by atoms with van der Waals surface area (Å²) in [7, 11) is -7.83. The summed E-state index contributed by atoms with van der Waals surface area (Å²) in [5, 5.41) is 0. The summed E-state index contributed by atoms with van der Waals surface area (Å²) in [4.78, 5) is 0.301. The molecule has 0 saturated heterocycles. The molecule has 8 atom stereocenters. The number of aryl methyl sites for hydroxylation is 2. The molecule has 4 aliphatic rings. The summed E-state index contributed by atoms with van der Waals surface area (Å²) in [5.74, 6) is -0.179. The molecule has 0 amide bonds. The minimum Gasteiger partial charge on any atom is -0.262 e. The summed E-state index contributed by atoms with van der Waals surface area (Å²) in [6.07, 6.45) is 7.00. The Balaban J connectivity index is 1.26. The fourth-order valence-electron chi connectivity index (χ4n) is 6.46. The number of benzene rings is 2. The largest absolute Gasteiger partial charge is 0.297 e. The topological polar surface area (TPSA) is 86.7 Å². The van der Waals surface area contributed by atoms with Crippen LogP contribution in [-0.4, -0.2) is 29.0 Å². The van der Waals surface area contributed by atoms with Crippen LogP contribution >= 0.6 is 0 Å². The van der Waals surface area contributed by atoms with Crippen molar-refractivity contribution in [2.75, 3.05) is 0 Å². The van der Waals surface area contributed by atoms with E-state index in [1.165, 1.54) is 0 Å². The Morgan fingerprint density at radius 1 is 0.529 bits per heavy atom. The Morgan fingerprint density at radius 2 is 0.824 bits per heavy atom. The highest BCUT2D eigenvalue weighted by Crippen LogP contribution is 2.65. The van der Waals surface area contributed by atoms with Gasteiger partial charge in [-0.2, -0.15) is 16.8 Å². The van der Waals surface area contributed by atoms with Crippen LogP contribution in [0.15, 0.2) is 82.6 Å². The molecule has 0 aliphatic heterocycles. The summed E-state index contributed by atoms with van der Waals surface area (Å²) >= 11 is 0. The van der Waals surface area contributed by atoms with Gasteiger partial charge in [0.25, 0.3) is 20.2 Å². The Hall–Kier alpha value is -2.26. The highest BCUT2D eigenvalue weighted by Gasteiger charge is 2.66. The Morgan fingerprint density at radius 3 is 1.12 bits per heavy atom. The minimum atomic E-state index is -3.92. The van der Waals surface area contributed by atoms with E-state index in [1.54, 1.807) is 48.5 Å². The zero-order valence-electron chi connectivity index (χ0n) is 18.8. The molecule has 2 fully saturated rings. The van der Waals surface area contributed by atoms with Crippen LogP contribution in [0.2, 0.25) is 0 Å². The van der Waals surface area contributed by atoms with Gasteiger partial charge in [0.05, 0.1) is 22.0 Å². The van der Waals surface area contributed by atoms with Crippen LogP contribution in [-0.2, 0) is 28.6 Å². The molecular formula is C26H26O6S2. The van der Waals surface area contributed by atoms with Crippen LogP contribution in [0.3, 0.4) is 0 Å². The molecule has 6 nitrogen and oxygen atoms in total. The highest BCUT2D eigenvalue weighted by molar-refractivity contribution is 7.87. The van der Waals surface area contributed by atoms with Crippen molar-refractivity contribution in [3.8, 4) is 0 Å². The molecule has 178 valence electrons. The molecule has 8 heteroatoms. The second kappa shape index (κ2) is 7.62. The van der Waals surface area contributed by atoms with Gasteiger partial charge in [0.2, 0.25) is 0 Å². The zero-order chi connectivity index (χ0) is 23.8. The van der Waals surface area contributed by atoms with Crippen molar-refractivity contribution in [3.05, 3.63) is 84.0 Å². The van der Waals surface area contributed by atoms with Crippen LogP contribution in [0, 0.1) is 49.4 Å². The van der Waals surface area contributed by atoms with Crippen molar-refractivity contribution in [1.82, 2.24) is 0 Å². The maximum absolute atomic E-state index is 13.0. The van der Waals surface area contributed by atoms with Crippen LogP contribution in [0.1, 0.15) is 11.1 Å². The average Bonchev–Trinajstić information content (AvgIpc) is 3.51. The first-order chi connectivity index (χ1) is 16.2. The molecule has 2 aromatic carbocycles. The maximum Gasteiger partial charge on any atom is 0.297 e. The number of rotatable bonds is 6. The van der Waals surface area contributed by atoms with E-state index in [-0.39, 0.29) is 45.3 Å². The predicted molar refractivity (Wildman–Crippen MR) is 126 cm³/mol. The van der Waals surface area contributed by atoms with Crippen molar-refractivity contribution in [1.29, 1.82) is 0 Å². The second-order valence-corrected chi connectivity index (χ2v) is 13.0. The fraction of sp³-hybridized carbons (Fsp3) is 0.385. The normalized spacial score (nSPS) is 35.2. The summed E-state index contributed by atoms with van der Waals surface area (Å²) < 4.78 is 63.8. The van der Waals surface area contributed by atoms with Crippen molar-refractivity contribution in [2.24, 2.45) is 35.5 Å². The number of hydrogen-bond acceptors (Lipinski definition) is 6. The Kier molecular flexibility index (Phi) is 4.98. The standard InChI is InChI=1S/C26H26O6S2/c1-15-3-7-17(8-4-15)33(27,28)31-25-19-11-13-21-23(19)24-20(25)12-14-22(24)26(21)32-34(29,30)18-9-5-16(2)6-10-18/h3-14,19-26H,1-2H3/t19-,20+,21+,22-,23?,24?,25?,26?. The molecule has 0 aromatic heterocycles. The smallest absolute Gasteiger partial charge is 0.262 e. The lowest BCUT2D eigenvalue weighted by Crippen LogP contribution is -2.32. The molecule has 0 heterocycles. The van der Waals surface area contributed by atoms with Gasteiger partial charge in [-0.15, -0.1) is 0 Å². The molecule has 4 aliphatic carbocycles. The molecule has 0 bridgehead atoms. The van der Waals surface area contributed by atoms with E-state index in [4.69, 9.17) is 8.37 Å². The molecule has 34 heavy (non-hydrogen) atoms. The van der Waals surface area contributed by atoms with Gasteiger partial charge >= 0.3 is 0 Å². The van der Waals surface area contributed by atoms with E-state index < -0.39 is 32.4 Å². The van der Waals surface area contributed by atoms with Gasteiger partial charge in [-0.3, -0.25) is 8.37 Å².